The molecule has 8 nitrogen and oxygen atoms in total. The van der Waals surface area contributed by atoms with Gasteiger partial charge in [-0.1, -0.05) is 0 Å². The van der Waals surface area contributed by atoms with Crippen LogP contribution in [0.5, 0.6) is 0 Å². The first-order valence-electron chi connectivity index (χ1n) is 6.85. The molecule has 0 aliphatic carbocycles. The molecule has 4 N–H and O–H groups in total. The van der Waals surface area contributed by atoms with Crippen LogP contribution in [0.3, 0.4) is 0 Å². The normalized spacial score (nSPS) is 10.8. The highest BCUT2D eigenvalue weighted by atomic mass is 16.4. The Labute approximate surface area is 128 Å². The minimum absolute atomic E-state index is 0.183. The zero-order chi connectivity index (χ0) is 16.6. The summed E-state index contributed by atoms with van der Waals surface area (Å²) in [6, 6.07) is 2.94. The van der Waals surface area contributed by atoms with Crippen LogP contribution in [0.1, 0.15) is 26.0 Å². The maximum atomic E-state index is 11.5. The number of rotatable bonds is 8. The second kappa shape index (κ2) is 8.06. The molecule has 0 aromatic carbocycles. The molecule has 0 radical (unpaired) electrons. The van der Waals surface area contributed by atoms with Crippen LogP contribution in [-0.4, -0.2) is 36.1 Å². The number of urea groups is 1. The van der Waals surface area contributed by atoms with Crippen molar-refractivity contribution in [2.75, 3.05) is 13.1 Å². The van der Waals surface area contributed by atoms with E-state index in [9.17, 15) is 14.4 Å². The summed E-state index contributed by atoms with van der Waals surface area (Å²) in [4.78, 5) is 33.9. The van der Waals surface area contributed by atoms with E-state index in [0.29, 0.717) is 12.2 Å². The van der Waals surface area contributed by atoms with Crippen LogP contribution in [0.4, 0.5) is 4.79 Å². The number of hydrogen-bond donors (Lipinski definition) is 4. The van der Waals surface area contributed by atoms with Crippen LogP contribution in [-0.2, 0) is 16.1 Å². The molecule has 1 heterocycles. The molecule has 1 aromatic rings. The number of hydrogen-bond acceptors (Lipinski definition) is 4. The molecule has 0 bridgehead atoms. The van der Waals surface area contributed by atoms with Gasteiger partial charge < -0.3 is 25.5 Å². The monoisotopic (exact) mass is 311 g/mol. The van der Waals surface area contributed by atoms with Crippen molar-refractivity contribution in [3.63, 3.8) is 0 Å². The molecule has 1 aromatic heterocycles. The Morgan fingerprint density at radius 2 is 1.95 bits per heavy atom. The van der Waals surface area contributed by atoms with Gasteiger partial charge in [0.25, 0.3) is 0 Å². The number of amides is 3. The van der Waals surface area contributed by atoms with Crippen molar-refractivity contribution >= 4 is 17.9 Å². The molecule has 0 aliphatic heterocycles. The predicted octanol–water partition coefficient (Wildman–Crippen LogP) is 0.696. The van der Waals surface area contributed by atoms with Gasteiger partial charge in [0.1, 0.15) is 5.76 Å². The zero-order valence-corrected chi connectivity index (χ0v) is 12.6. The molecule has 0 saturated heterocycles. The first-order valence-corrected chi connectivity index (χ1v) is 6.85. The molecule has 122 valence electrons. The van der Waals surface area contributed by atoms with Crippen molar-refractivity contribution in [2.45, 2.75) is 26.8 Å². The summed E-state index contributed by atoms with van der Waals surface area (Å²) in [6.45, 7) is 3.45. The summed E-state index contributed by atoms with van der Waals surface area (Å²) in [5.74, 6) is -0.693. The number of carbonyl (C=O) groups is 3. The van der Waals surface area contributed by atoms with Gasteiger partial charge in [-0.2, -0.15) is 0 Å². The summed E-state index contributed by atoms with van der Waals surface area (Å²) in [5.41, 5.74) is -0.902. The Bertz CT molecular complexity index is 511. The third-order valence-corrected chi connectivity index (χ3v) is 3.06. The predicted molar refractivity (Wildman–Crippen MR) is 78.0 cm³/mol. The van der Waals surface area contributed by atoms with Gasteiger partial charge in [-0.05, 0) is 32.4 Å². The van der Waals surface area contributed by atoms with Gasteiger partial charge in [0, 0.05) is 6.54 Å². The summed E-state index contributed by atoms with van der Waals surface area (Å²) in [7, 11) is 0. The molecular weight excluding hydrogens is 290 g/mol. The van der Waals surface area contributed by atoms with Crippen LogP contribution in [0.25, 0.3) is 0 Å². The van der Waals surface area contributed by atoms with E-state index in [0.717, 1.165) is 0 Å². The second-order valence-electron chi connectivity index (χ2n) is 5.40. The van der Waals surface area contributed by atoms with Gasteiger partial charge in [0.2, 0.25) is 5.91 Å². The zero-order valence-electron chi connectivity index (χ0n) is 12.6. The van der Waals surface area contributed by atoms with Crippen molar-refractivity contribution < 1.29 is 23.9 Å². The van der Waals surface area contributed by atoms with Gasteiger partial charge in [0.15, 0.2) is 0 Å². The maximum absolute atomic E-state index is 11.5. The lowest BCUT2D eigenvalue weighted by Crippen LogP contribution is -2.42. The lowest BCUT2D eigenvalue weighted by atomic mass is 9.90. The molecule has 3 amide bonds. The molecule has 1 rings (SSSR count). The van der Waals surface area contributed by atoms with Crippen LogP contribution in [0, 0.1) is 5.41 Å². The van der Waals surface area contributed by atoms with Gasteiger partial charge >= 0.3 is 12.0 Å². The van der Waals surface area contributed by atoms with E-state index in [-0.39, 0.29) is 25.5 Å². The molecule has 0 unspecified atom stereocenters. The fraction of sp³-hybridized carbons (Fsp3) is 0.500. The number of aliphatic carboxylic acids is 1. The Hall–Kier alpha value is -2.51. The average Bonchev–Trinajstić information content (AvgIpc) is 2.95. The van der Waals surface area contributed by atoms with Crippen molar-refractivity contribution in [1.29, 1.82) is 0 Å². The SMILES string of the molecule is CC(C)(CCNC(=O)CNC(=O)NCc1ccco1)C(=O)O. The van der Waals surface area contributed by atoms with Gasteiger partial charge in [-0.25, -0.2) is 4.79 Å². The summed E-state index contributed by atoms with van der Waals surface area (Å²) in [5, 5.41) is 16.4. The Balaban J connectivity index is 2.14. The Morgan fingerprint density at radius 3 is 2.55 bits per heavy atom. The number of nitrogens with one attached hydrogen (secondary N) is 3. The highest BCUT2D eigenvalue weighted by Crippen LogP contribution is 2.19. The van der Waals surface area contributed by atoms with E-state index >= 15 is 0 Å². The van der Waals surface area contributed by atoms with Crippen molar-refractivity contribution in [2.24, 2.45) is 5.41 Å². The fourth-order valence-electron chi connectivity index (χ4n) is 1.49. The van der Waals surface area contributed by atoms with E-state index in [2.05, 4.69) is 16.0 Å². The third-order valence-electron chi connectivity index (χ3n) is 3.06. The van der Waals surface area contributed by atoms with E-state index in [1.807, 2.05) is 0 Å². The Kier molecular flexibility index (Phi) is 6.43. The number of furan rings is 1. The smallest absolute Gasteiger partial charge is 0.315 e. The average molecular weight is 311 g/mol. The van der Waals surface area contributed by atoms with Gasteiger partial charge in [-0.3, -0.25) is 9.59 Å². The molecule has 0 aliphatic rings. The highest BCUT2D eigenvalue weighted by molar-refractivity contribution is 5.83. The molecule has 0 saturated carbocycles. The van der Waals surface area contributed by atoms with E-state index in [1.54, 1.807) is 26.0 Å². The second-order valence-corrected chi connectivity index (χ2v) is 5.40. The van der Waals surface area contributed by atoms with Crippen LogP contribution in [0.15, 0.2) is 22.8 Å². The minimum Gasteiger partial charge on any atom is -0.481 e. The van der Waals surface area contributed by atoms with Crippen LogP contribution < -0.4 is 16.0 Å². The minimum atomic E-state index is -0.919. The van der Waals surface area contributed by atoms with E-state index in [1.165, 1.54) is 6.26 Å². The molecule has 0 fully saturated rings. The largest absolute Gasteiger partial charge is 0.481 e. The number of carboxylic acids is 1. The molecule has 0 atom stereocenters. The standard InChI is InChI=1S/C14H21N3O5/c1-14(2,12(19)20)5-6-15-11(18)9-17-13(21)16-8-10-4-3-7-22-10/h3-4,7H,5-6,8-9H2,1-2H3,(H,15,18)(H,19,20)(H2,16,17,21). The summed E-state index contributed by atoms with van der Waals surface area (Å²) >= 11 is 0. The topological polar surface area (TPSA) is 121 Å². The van der Waals surface area contributed by atoms with Crippen LogP contribution in [0.2, 0.25) is 0 Å². The number of carboxylic acid groups (broad SMARTS) is 1. The molecular formula is C14H21N3O5. The highest BCUT2D eigenvalue weighted by Gasteiger charge is 2.26. The Morgan fingerprint density at radius 1 is 1.23 bits per heavy atom. The van der Waals surface area contributed by atoms with Crippen molar-refractivity contribution in [3.8, 4) is 0 Å². The maximum Gasteiger partial charge on any atom is 0.315 e. The van der Waals surface area contributed by atoms with Crippen molar-refractivity contribution in [1.82, 2.24) is 16.0 Å². The quantitative estimate of drug-likeness (QED) is 0.563. The van der Waals surface area contributed by atoms with Crippen molar-refractivity contribution in [3.05, 3.63) is 24.2 Å². The molecule has 0 spiro atoms. The first kappa shape index (κ1) is 17.5. The van der Waals surface area contributed by atoms with E-state index in [4.69, 9.17) is 9.52 Å². The van der Waals surface area contributed by atoms with Gasteiger partial charge in [-0.15, -0.1) is 0 Å². The summed E-state index contributed by atoms with van der Waals surface area (Å²) < 4.78 is 5.04. The van der Waals surface area contributed by atoms with Gasteiger partial charge in [0.05, 0.1) is 24.8 Å². The third kappa shape index (κ3) is 6.29. The lowest BCUT2D eigenvalue weighted by molar-refractivity contribution is -0.147. The van der Waals surface area contributed by atoms with Crippen LogP contribution >= 0.6 is 0 Å². The molecule has 8 heteroatoms. The first-order chi connectivity index (χ1) is 10.3. The number of carbonyl (C=O) groups excluding carboxylic acids is 2. The van der Waals surface area contributed by atoms with E-state index < -0.39 is 17.4 Å². The molecule has 22 heavy (non-hydrogen) atoms. The fourth-order valence-corrected chi connectivity index (χ4v) is 1.49. The lowest BCUT2D eigenvalue weighted by Gasteiger charge is -2.18. The summed E-state index contributed by atoms with van der Waals surface area (Å²) in [6.07, 6.45) is 1.81.